The molecule has 1 aromatic rings. The van der Waals surface area contributed by atoms with Gasteiger partial charge in [0.05, 0.1) is 12.6 Å². The lowest BCUT2D eigenvalue weighted by molar-refractivity contribution is -0.127. The SMILES string of the molecule is C#CCN1CCC(C(=O)NC(C)c2cc(F)ccc2N2CCN(CC)CC2)CC1. The van der Waals surface area contributed by atoms with E-state index in [0.717, 1.165) is 69.9 Å². The monoisotopic (exact) mass is 400 g/mol. The number of terminal acetylenes is 1. The number of rotatable bonds is 6. The average molecular weight is 401 g/mol. The molecule has 2 heterocycles. The second-order valence-corrected chi connectivity index (χ2v) is 8.11. The van der Waals surface area contributed by atoms with Crippen molar-refractivity contribution in [3.63, 3.8) is 0 Å². The van der Waals surface area contributed by atoms with Crippen molar-refractivity contribution in [2.45, 2.75) is 32.7 Å². The van der Waals surface area contributed by atoms with Crippen LogP contribution in [0.4, 0.5) is 10.1 Å². The summed E-state index contributed by atoms with van der Waals surface area (Å²) in [6.45, 7) is 11.4. The summed E-state index contributed by atoms with van der Waals surface area (Å²) in [6, 6.07) is 4.71. The fraction of sp³-hybridized carbons (Fsp3) is 0.609. The molecule has 1 atom stereocenters. The van der Waals surface area contributed by atoms with E-state index in [4.69, 9.17) is 6.42 Å². The smallest absolute Gasteiger partial charge is 0.223 e. The third kappa shape index (κ3) is 5.49. The van der Waals surface area contributed by atoms with Crippen LogP contribution in [0.2, 0.25) is 0 Å². The molecule has 6 heteroatoms. The van der Waals surface area contributed by atoms with Crippen LogP contribution in [-0.4, -0.2) is 68.1 Å². The Kier molecular flexibility index (Phi) is 7.51. The molecule has 3 rings (SSSR count). The van der Waals surface area contributed by atoms with Crippen LogP contribution < -0.4 is 10.2 Å². The number of carbonyl (C=O) groups excluding carboxylic acids is 1. The number of likely N-dealkylation sites (tertiary alicyclic amines) is 1. The van der Waals surface area contributed by atoms with Gasteiger partial charge < -0.3 is 15.1 Å². The molecule has 0 saturated carbocycles. The van der Waals surface area contributed by atoms with Crippen molar-refractivity contribution in [1.82, 2.24) is 15.1 Å². The number of piperidine rings is 1. The zero-order chi connectivity index (χ0) is 20.8. The normalized spacial score (nSPS) is 20.3. The first-order chi connectivity index (χ1) is 14.0. The van der Waals surface area contributed by atoms with Gasteiger partial charge in [-0.05, 0) is 57.6 Å². The van der Waals surface area contributed by atoms with Crippen LogP contribution in [0.15, 0.2) is 18.2 Å². The van der Waals surface area contributed by atoms with Crippen LogP contribution in [0.25, 0.3) is 0 Å². The first-order valence-electron chi connectivity index (χ1n) is 10.7. The fourth-order valence-electron chi connectivity index (χ4n) is 4.36. The fourth-order valence-corrected chi connectivity index (χ4v) is 4.36. The van der Waals surface area contributed by atoms with E-state index in [9.17, 15) is 9.18 Å². The van der Waals surface area contributed by atoms with Gasteiger partial charge in [-0.3, -0.25) is 9.69 Å². The largest absolute Gasteiger partial charge is 0.369 e. The molecule has 0 aliphatic carbocycles. The van der Waals surface area contributed by atoms with Gasteiger partial charge in [0.2, 0.25) is 5.91 Å². The third-order valence-electron chi connectivity index (χ3n) is 6.25. The average Bonchev–Trinajstić information content (AvgIpc) is 2.74. The zero-order valence-electron chi connectivity index (χ0n) is 17.7. The maximum atomic E-state index is 14.0. The maximum absolute atomic E-state index is 14.0. The van der Waals surface area contributed by atoms with Crippen LogP contribution in [0.5, 0.6) is 0 Å². The standard InChI is InChI=1S/C23H33FN4O/c1-4-10-27-11-8-19(9-12-27)23(29)25-18(3)21-17-20(24)6-7-22(21)28-15-13-26(5-2)14-16-28/h1,6-7,17-19H,5,8-16H2,2-3H3,(H,25,29). The number of benzene rings is 1. The lowest BCUT2D eigenvalue weighted by atomic mass is 9.95. The molecule has 0 aromatic heterocycles. The van der Waals surface area contributed by atoms with Crippen LogP contribution >= 0.6 is 0 Å². The predicted molar refractivity (Wildman–Crippen MR) is 115 cm³/mol. The minimum atomic E-state index is -0.264. The molecule has 158 valence electrons. The van der Waals surface area contributed by atoms with Crippen LogP contribution in [0.1, 0.15) is 38.3 Å². The summed E-state index contributed by atoms with van der Waals surface area (Å²) in [7, 11) is 0. The van der Waals surface area contributed by atoms with Crippen molar-refractivity contribution in [3.8, 4) is 12.3 Å². The Balaban J connectivity index is 1.64. The lowest BCUT2D eigenvalue weighted by Crippen LogP contribution is -2.46. The Morgan fingerprint density at radius 1 is 1.21 bits per heavy atom. The van der Waals surface area contributed by atoms with E-state index in [2.05, 4.69) is 32.9 Å². The Hall–Kier alpha value is -2.10. The molecule has 5 nitrogen and oxygen atoms in total. The van der Waals surface area contributed by atoms with Crippen molar-refractivity contribution in [3.05, 3.63) is 29.6 Å². The highest BCUT2D eigenvalue weighted by Crippen LogP contribution is 2.29. The first kappa shape index (κ1) is 21.6. The quantitative estimate of drug-likeness (QED) is 0.745. The van der Waals surface area contributed by atoms with Gasteiger partial charge in [-0.1, -0.05) is 12.8 Å². The minimum Gasteiger partial charge on any atom is -0.369 e. The number of hydrogen-bond donors (Lipinski definition) is 1. The Labute approximate surface area is 174 Å². The number of amides is 1. The van der Waals surface area contributed by atoms with Crippen molar-refractivity contribution in [2.75, 3.05) is 57.3 Å². The summed E-state index contributed by atoms with van der Waals surface area (Å²) in [5, 5.41) is 3.14. The van der Waals surface area contributed by atoms with E-state index in [0.29, 0.717) is 6.54 Å². The van der Waals surface area contributed by atoms with Crippen molar-refractivity contribution >= 4 is 11.6 Å². The molecule has 1 amide bonds. The van der Waals surface area contributed by atoms with Crippen molar-refractivity contribution < 1.29 is 9.18 Å². The molecule has 0 radical (unpaired) electrons. The second kappa shape index (κ2) is 10.1. The summed E-state index contributed by atoms with van der Waals surface area (Å²) in [5.41, 5.74) is 1.88. The molecule has 0 spiro atoms. The number of piperazine rings is 1. The van der Waals surface area contributed by atoms with E-state index < -0.39 is 0 Å². The lowest BCUT2D eigenvalue weighted by Gasteiger charge is -2.37. The molecule has 2 fully saturated rings. The van der Waals surface area contributed by atoms with Gasteiger partial charge in [-0.2, -0.15) is 0 Å². The first-order valence-corrected chi connectivity index (χ1v) is 10.7. The van der Waals surface area contributed by atoms with E-state index >= 15 is 0 Å². The minimum absolute atomic E-state index is 0.00316. The number of carbonyl (C=O) groups is 1. The Morgan fingerprint density at radius 2 is 1.90 bits per heavy atom. The van der Waals surface area contributed by atoms with Gasteiger partial charge in [0, 0.05) is 43.3 Å². The van der Waals surface area contributed by atoms with Gasteiger partial charge >= 0.3 is 0 Å². The van der Waals surface area contributed by atoms with Crippen LogP contribution in [-0.2, 0) is 4.79 Å². The van der Waals surface area contributed by atoms with E-state index in [1.54, 1.807) is 6.07 Å². The zero-order valence-corrected chi connectivity index (χ0v) is 17.7. The highest BCUT2D eigenvalue weighted by Gasteiger charge is 2.27. The molecule has 1 N–H and O–H groups in total. The van der Waals surface area contributed by atoms with E-state index in [1.165, 1.54) is 6.07 Å². The van der Waals surface area contributed by atoms with Crippen molar-refractivity contribution in [1.29, 1.82) is 0 Å². The predicted octanol–water partition coefficient (Wildman–Crippen LogP) is 2.49. The van der Waals surface area contributed by atoms with Gasteiger partial charge in [-0.25, -0.2) is 4.39 Å². The number of nitrogens with one attached hydrogen (secondary N) is 1. The van der Waals surface area contributed by atoms with Gasteiger partial charge in [-0.15, -0.1) is 6.42 Å². The third-order valence-corrected chi connectivity index (χ3v) is 6.25. The molecule has 2 saturated heterocycles. The van der Waals surface area contributed by atoms with Gasteiger partial charge in [0.1, 0.15) is 5.82 Å². The summed E-state index contributed by atoms with van der Waals surface area (Å²) in [5.74, 6) is 2.46. The molecule has 2 aliphatic rings. The topological polar surface area (TPSA) is 38.8 Å². The number of hydrogen-bond acceptors (Lipinski definition) is 4. The summed E-state index contributed by atoms with van der Waals surface area (Å²) < 4.78 is 14.0. The summed E-state index contributed by atoms with van der Waals surface area (Å²) >= 11 is 0. The van der Waals surface area contributed by atoms with Gasteiger partial charge in [0.25, 0.3) is 0 Å². The van der Waals surface area contributed by atoms with Crippen LogP contribution in [0.3, 0.4) is 0 Å². The molecular formula is C23H33FN4O. The second-order valence-electron chi connectivity index (χ2n) is 8.11. The van der Waals surface area contributed by atoms with Gasteiger partial charge in [0.15, 0.2) is 0 Å². The molecule has 1 unspecified atom stereocenters. The molecule has 0 bridgehead atoms. The Bertz CT molecular complexity index is 731. The maximum Gasteiger partial charge on any atom is 0.223 e. The molecular weight excluding hydrogens is 367 g/mol. The number of halogens is 1. The highest BCUT2D eigenvalue weighted by molar-refractivity contribution is 5.79. The molecule has 1 aromatic carbocycles. The van der Waals surface area contributed by atoms with E-state index in [-0.39, 0.29) is 23.7 Å². The molecule has 29 heavy (non-hydrogen) atoms. The van der Waals surface area contributed by atoms with E-state index in [1.807, 2.05) is 13.0 Å². The van der Waals surface area contributed by atoms with Crippen LogP contribution in [0, 0.1) is 24.1 Å². The number of likely N-dealkylation sites (N-methyl/N-ethyl adjacent to an activating group) is 1. The summed E-state index contributed by atoms with van der Waals surface area (Å²) in [4.78, 5) is 19.7. The Morgan fingerprint density at radius 3 is 2.52 bits per heavy atom. The number of anilines is 1. The summed E-state index contributed by atoms with van der Waals surface area (Å²) in [6.07, 6.45) is 7.01. The van der Waals surface area contributed by atoms with Crippen molar-refractivity contribution in [2.24, 2.45) is 5.92 Å². The molecule has 2 aliphatic heterocycles. The highest BCUT2D eigenvalue weighted by atomic mass is 19.1. The number of nitrogens with zero attached hydrogens (tertiary/aromatic N) is 3.